The molecule has 88 valence electrons. The zero-order chi connectivity index (χ0) is 11.5. The van der Waals surface area contributed by atoms with Gasteiger partial charge in [-0.15, -0.1) is 0 Å². The first-order valence-electron chi connectivity index (χ1n) is 5.48. The lowest BCUT2D eigenvalue weighted by molar-refractivity contribution is 0.0921. The van der Waals surface area contributed by atoms with Crippen LogP contribution in [0.25, 0.3) is 0 Å². The lowest BCUT2D eigenvalue weighted by atomic mass is 9.91. The number of hydrogen-bond acceptors (Lipinski definition) is 3. The molecule has 2 atom stereocenters. The van der Waals surface area contributed by atoms with Crippen molar-refractivity contribution in [3.05, 3.63) is 23.1 Å². The number of furan rings is 1. The molecular weight excluding hydrogens is 228 g/mol. The van der Waals surface area contributed by atoms with E-state index < -0.39 is 0 Å². The van der Waals surface area contributed by atoms with Crippen molar-refractivity contribution in [2.75, 3.05) is 0 Å². The minimum absolute atomic E-state index is 0.0448. The molecule has 1 amide bonds. The van der Waals surface area contributed by atoms with Crippen LogP contribution in [0.3, 0.4) is 0 Å². The summed E-state index contributed by atoms with van der Waals surface area (Å²) in [6.07, 6.45) is 5.54. The molecule has 16 heavy (non-hydrogen) atoms. The number of carbonyl (C=O) groups excluding carboxylic acids is 1. The lowest BCUT2D eigenvalue weighted by Gasteiger charge is -2.29. The quantitative estimate of drug-likeness (QED) is 0.833. The Hall–Kier alpha value is -1.00. The maximum absolute atomic E-state index is 11.8. The molecule has 1 aromatic heterocycles. The number of nitrogens with two attached hydrogens (primary N) is 1. The third kappa shape index (κ3) is 2.39. The van der Waals surface area contributed by atoms with Crippen molar-refractivity contribution < 1.29 is 9.21 Å². The summed E-state index contributed by atoms with van der Waals surface area (Å²) in [5, 5.41) is 3.03. The Morgan fingerprint density at radius 1 is 1.50 bits per heavy atom. The first kappa shape index (κ1) is 11.5. The van der Waals surface area contributed by atoms with Crippen LogP contribution < -0.4 is 11.1 Å². The van der Waals surface area contributed by atoms with Crippen LogP contribution in [0.15, 0.2) is 16.7 Å². The molecule has 1 aliphatic carbocycles. The van der Waals surface area contributed by atoms with E-state index in [2.05, 4.69) is 5.32 Å². The van der Waals surface area contributed by atoms with Crippen molar-refractivity contribution in [3.8, 4) is 0 Å². The number of rotatable bonds is 2. The molecule has 0 saturated heterocycles. The molecule has 3 N–H and O–H groups in total. The summed E-state index contributed by atoms with van der Waals surface area (Å²) in [5.74, 6) is -0.207. The minimum atomic E-state index is -0.207. The highest BCUT2D eigenvalue weighted by Gasteiger charge is 2.24. The molecule has 2 unspecified atom stereocenters. The van der Waals surface area contributed by atoms with Gasteiger partial charge < -0.3 is 15.5 Å². The fourth-order valence-electron chi connectivity index (χ4n) is 2.04. The predicted octanol–water partition coefficient (Wildman–Crippen LogP) is 1.93. The van der Waals surface area contributed by atoms with Gasteiger partial charge in [0.2, 0.25) is 5.22 Å². The second-order valence-electron chi connectivity index (χ2n) is 4.14. The van der Waals surface area contributed by atoms with Gasteiger partial charge in [0.1, 0.15) is 0 Å². The summed E-state index contributed by atoms with van der Waals surface area (Å²) < 4.78 is 4.87. The fourth-order valence-corrected chi connectivity index (χ4v) is 2.24. The molecule has 1 aromatic rings. The average molecular weight is 243 g/mol. The first-order chi connectivity index (χ1) is 7.68. The van der Waals surface area contributed by atoms with Gasteiger partial charge in [-0.05, 0) is 30.5 Å². The van der Waals surface area contributed by atoms with E-state index in [-0.39, 0.29) is 23.2 Å². The molecule has 2 rings (SSSR count). The molecule has 1 saturated carbocycles. The smallest absolute Gasteiger partial charge is 0.256 e. The van der Waals surface area contributed by atoms with Crippen molar-refractivity contribution in [1.29, 1.82) is 0 Å². The average Bonchev–Trinajstić information content (AvgIpc) is 2.68. The summed E-state index contributed by atoms with van der Waals surface area (Å²) in [4.78, 5) is 11.8. The van der Waals surface area contributed by atoms with Gasteiger partial charge in [-0.2, -0.15) is 0 Å². The zero-order valence-corrected chi connectivity index (χ0v) is 9.67. The standard InChI is InChI=1S/C11H15ClN2O2/c12-10-7(5-6-16-10)11(15)14-9-4-2-1-3-8(9)13/h5-6,8-9H,1-4,13H2,(H,14,15). The van der Waals surface area contributed by atoms with Crippen LogP contribution in [0.2, 0.25) is 5.22 Å². The van der Waals surface area contributed by atoms with E-state index in [1.807, 2.05) is 0 Å². The number of nitrogens with one attached hydrogen (secondary N) is 1. The Morgan fingerprint density at radius 2 is 2.25 bits per heavy atom. The monoisotopic (exact) mass is 242 g/mol. The number of carbonyl (C=O) groups is 1. The lowest BCUT2D eigenvalue weighted by Crippen LogP contribution is -2.49. The Bertz CT molecular complexity index is 378. The maximum Gasteiger partial charge on any atom is 0.256 e. The highest BCUT2D eigenvalue weighted by atomic mass is 35.5. The minimum Gasteiger partial charge on any atom is -0.452 e. The number of amides is 1. The second kappa shape index (κ2) is 4.89. The third-order valence-corrected chi connectivity index (χ3v) is 3.29. The summed E-state index contributed by atoms with van der Waals surface area (Å²) in [6.45, 7) is 0. The van der Waals surface area contributed by atoms with Gasteiger partial charge >= 0.3 is 0 Å². The van der Waals surface area contributed by atoms with E-state index in [4.69, 9.17) is 21.8 Å². The van der Waals surface area contributed by atoms with Gasteiger partial charge in [0.05, 0.1) is 11.8 Å². The maximum atomic E-state index is 11.8. The summed E-state index contributed by atoms with van der Waals surface area (Å²) >= 11 is 5.73. The molecule has 4 nitrogen and oxygen atoms in total. The number of hydrogen-bond donors (Lipinski definition) is 2. The van der Waals surface area contributed by atoms with Crippen LogP contribution in [0.4, 0.5) is 0 Å². The molecule has 0 bridgehead atoms. The SMILES string of the molecule is NC1CCCCC1NC(=O)c1ccoc1Cl. The molecule has 0 spiro atoms. The predicted molar refractivity (Wildman–Crippen MR) is 61.4 cm³/mol. The Kier molecular flexibility index (Phi) is 3.51. The van der Waals surface area contributed by atoms with Gasteiger partial charge in [0.25, 0.3) is 5.91 Å². The summed E-state index contributed by atoms with van der Waals surface area (Å²) in [5.41, 5.74) is 6.32. The largest absolute Gasteiger partial charge is 0.452 e. The molecule has 0 aromatic carbocycles. The van der Waals surface area contributed by atoms with Crippen molar-refractivity contribution >= 4 is 17.5 Å². The van der Waals surface area contributed by atoms with Crippen LogP contribution in [-0.2, 0) is 0 Å². The first-order valence-corrected chi connectivity index (χ1v) is 5.85. The van der Waals surface area contributed by atoms with Crippen LogP contribution in [0.5, 0.6) is 0 Å². The van der Waals surface area contributed by atoms with E-state index in [1.54, 1.807) is 6.07 Å². The molecule has 0 aliphatic heterocycles. The Morgan fingerprint density at radius 3 is 2.88 bits per heavy atom. The van der Waals surface area contributed by atoms with Crippen LogP contribution in [-0.4, -0.2) is 18.0 Å². The molecule has 1 aliphatic rings. The second-order valence-corrected chi connectivity index (χ2v) is 4.48. The molecule has 0 radical (unpaired) electrons. The summed E-state index contributed by atoms with van der Waals surface area (Å²) in [6, 6.07) is 1.65. The van der Waals surface area contributed by atoms with Crippen molar-refractivity contribution in [2.45, 2.75) is 37.8 Å². The fraction of sp³-hybridized carbons (Fsp3) is 0.545. The van der Waals surface area contributed by atoms with Gasteiger partial charge in [-0.25, -0.2) is 0 Å². The van der Waals surface area contributed by atoms with Gasteiger partial charge in [0.15, 0.2) is 0 Å². The molecule has 1 fully saturated rings. The van der Waals surface area contributed by atoms with E-state index in [1.165, 1.54) is 6.26 Å². The van der Waals surface area contributed by atoms with Crippen molar-refractivity contribution in [1.82, 2.24) is 5.32 Å². The Labute approximate surface area is 99.1 Å². The number of halogens is 1. The Balaban J connectivity index is 1.99. The third-order valence-electron chi connectivity index (χ3n) is 3.00. The van der Waals surface area contributed by atoms with Crippen molar-refractivity contribution in [3.63, 3.8) is 0 Å². The topological polar surface area (TPSA) is 68.3 Å². The summed E-state index contributed by atoms with van der Waals surface area (Å²) in [7, 11) is 0. The van der Waals surface area contributed by atoms with E-state index in [9.17, 15) is 4.79 Å². The van der Waals surface area contributed by atoms with E-state index >= 15 is 0 Å². The van der Waals surface area contributed by atoms with Crippen molar-refractivity contribution in [2.24, 2.45) is 5.73 Å². The van der Waals surface area contributed by atoms with Crippen LogP contribution in [0.1, 0.15) is 36.0 Å². The van der Waals surface area contributed by atoms with Crippen LogP contribution in [0, 0.1) is 0 Å². The van der Waals surface area contributed by atoms with Crippen LogP contribution >= 0.6 is 11.6 Å². The molecule has 1 heterocycles. The molecular formula is C11H15ClN2O2. The zero-order valence-electron chi connectivity index (χ0n) is 8.91. The highest BCUT2D eigenvalue weighted by molar-refractivity contribution is 6.32. The van der Waals surface area contributed by atoms with E-state index in [0.29, 0.717) is 5.56 Å². The highest BCUT2D eigenvalue weighted by Crippen LogP contribution is 2.20. The normalized spacial score (nSPS) is 25.4. The van der Waals surface area contributed by atoms with Gasteiger partial charge in [-0.1, -0.05) is 12.8 Å². The molecule has 5 heteroatoms. The van der Waals surface area contributed by atoms with Gasteiger partial charge in [-0.3, -0.25) is 4.79 Å². The van der Waals surface area contributed by atoms with Gasteiger partial charge in [0, 0.05) is 12.1 Å². The van der Waals surface area contributed by atoms with E-state index in [0.717, 1.165) is 25.7 Å².